The van der Waals surface area contributed by atoms with E-state index in [1.165, 1.54) is 12.8 Å². The van der Waals surface area contributed by atoms with Crippen molar-refractivity contribution in [3.8, 4) is 0 Å². The van der Waals surface area contributed by atoms with E-state index in [0.29, 0.717) is 11.6 Å². The summed E-state index contributed by atoms with van der Waals surface area (Å²) in [4.78, 5) is 7.72. The second-order valence-corrected chi connectivity index (χ2v) is 3.78. The molecular weight excluding hydrogens is 188 g/mol. The van der Waals surface area contributed by atoms with Gasteiger partial charge in [0.05, 0.1) is 11.8 Å². The number of rotatable bonds is 3. The van der Waals surface area contributed by atoms with Crippen LogP contribution >= 0.6 is 11.6 Å². The third-order valence-corrected chi connectivity index (χ3v) is 2.42. The van der Waals surface area contributed by atoms with Gasteiger partial charge in [0.2, 0.25) is 5.28 Å². The summed E-state index contributed by atoms with van der Waals surface area (Å²) >= 11 is 5.61. The van der Waals surface area contributed by atoms with E-state index < -0.39 is 6.10 Å². The molecule has 1 fully saturated rings. The molecule has 1 aromatic heterocycles. The normalized spacial score (nSPS) is 18.6. The number of hydrogen-bond acceptors (Lipinski definition) is 3. The van der Waals surface area contributed by atoms with Crippen LogP contribution in [-0.4, -0.2) is 15.1 Å². The highest BCUT2D eigenvalue weighted by atomic mass is 35.5. The second-order valence-electron chi connectivity index (χ2n) is 3.45. The number of halogens is 1. The van der Waals surface area contributed by atoms with Gasteiger partial charge in [-0.1, -0.05) is 12.8 Å². The van der Waals surface area contributed by atoms with Crippen molar-refractivity contribution in [3.63, 3.8) is 0 Å². The summed E-state index contributed by atoms with van der Waals surface area (Å²) in [5, 5.41) is 9.91. The fraction of sp³-hybridized carbons (Fsp3) is 0.556. The molecule has 0 aliphatic heterocycles. The van der Waals surface area contributed by atoms with Gasteiger partial charge in [-0.25, -0.2) is 9.97 Å². The molecule has 0 saturated heterocycles. The first-order valence-corrected chi connectivity index (χ1v) is 4.80. The molecule has 1 unspecified atom stereocenters. The van der Waals surface area contributed by atoms with Crippen LogP contribution in [0.1, 0.15) is 31.1 Å². The van der Waals surface area contributed by atoms with Crippen molar-refractivity contribution >= 4 is 11.6 Å². The van der Waals surface area contributed by atoms with Crippen molar-refractivity contribution in [2.24, 2.45) is 5.92 Å². The van der Waals surface area contributed by atoms with Crippen molar-refractivity contribution in [1.82, 2.24) is 9.97 Å². The van der Waals surface area contributed by atoms with Gasteiger partial charge in [0.25, 0.3) is 0 Å². The minimum absolute atomic E-state index is 0.201. The summed E-state index contributed by atoms with van der Waals surface area (Å²) in [6.07, 6.45) is 4.35. The Morgan fingerprint density at radius 3 is 3.00 bits per heavy atom. The topological polar surface area (TPSA) is 46.0 Å². The lowest BCUT2D eigenvalue weighted by molar-refractivity contribution is 0.155. The highest BCUT2D eigenvalue weighted by Gasteiger charge is 2.25. The molecule has 1 heterocycles. The van der Waals surface area contributed by atoms with Gasteiger partial charge in [-0.2, -0.15) is 0 Å². The third kappa shape index (κ3) is 2.39. The van der Waals surface area contributed by atoms with E-state index in [-0.39, 0.29) is 5.28 Å². The predicted octanol–water partition coefficient (Wildman–Crippen LogP) is 1.96. The molecule has 3 nitrogen and oxygen atoms in total. The molecule has 1 aliphatic carbocycles. The van der Waals surface area contributed by atoms with E-state index in [2.05, 4.69) is 9.97 Å². The average molecular weight is 199 g/mol. The zero-order chi connectivity index (χ0) is 9.26. The van der Waals surface area contributed by atoms with Crippen molar-refractivity contribution in [2.45, 2.75) is 25.4 Å². The SMILES string of the molecule is OC(CC1CC1)c1ccnc(Cl)n1. The van der Waals surface area contributed by atoms with Crippen molar-refractivity contribution in [1.29, 1.82) is 0 Å². The fourth-order valence-corrected chi connectivity index (χ4v) is 1.48. The van der Waals surface area contributed by atoms with Crippen molar-refractivity contribution < 1.29 is 5.11 Å². The Kier molecular flexibility index (Phi) is 2.47. The summed E-state index contributed by atoms with van der Waals surface area (Å²) < 4.78 is 0. The maximum absolute atomic E-state index is 9.71. The number of hydrogen-bond donors (Lipinski definition) is 1. The van der Waals surface area contributed by atoms with E-state index >= 15 is 0 Å². The number of aliphatic hydroxyl groups excluding tert-OH is 1. The van der Waals surface area contributed by atoms with E-state index in [4.69, 9.17) is 11.6 Å². The lowest BCUT2D eigenvalue weighted by Crippen LogP contribution is -2.02. The molecule has 0 bridgehead atoms. The van der Waals surface area contributed by atoms with E-state index in [1.807, 2.05) is 0 Å². The first-order valence-electron chi connectivity index (χ1n) is 4.42. The summed E-state index contributed by atoms with van der Waals surface area (Å²) in [7, 11) is 0. The number of aromatic nitrogens is 2. The van der Waals surface area contributed by atoms with Gasteiger partial charge in [0, 0.05) is 6.20 Å². The molecule has 0 amide bonds. The van der Waals surface area contributed by atoms with Crippen LogP contribution in [0.2, 0.25) is 5.28 Å². The summed E-state index contributed by atoms with van der Waals surface area (Å²) in [6, 6.07) is 1.71. The Hall–Kier alpha value is -0.670. The molecule has 1 saturated carbocycles. The highest BCUT2D eigenvalue weighted by Crippen LogP contribution is 2.37. The molecule has 2 rings (SSSR count). The molecule has 0 aromatic carbocycles. The van der Waals surface area contributed by atoms with Crippen LogP contribution in [-0.2, 0) is 0 Å². The Balaban J connectivity index is 2.04. The summed E-state index contributed by atoms with van der Waals surface area (Å²) in [5.41, 5.74) is 0.631. The first kappa shape index (κ1) is 8.91. The van der Waals surface area contributed by atoms with Crippen LogP contribution < -0.4 is 0 Å². The Labute approximate surface area is 81.8 Å². The molecular formula is C9H11ClN2O. The van der Waals surface area contributed by atoms with Crippen molar-refractivity contribution in [3.05, 3.63) is 23.2 Å². The molecule has 70 valence electrons. The van der Waals surface area contributed by atoms with Gasteiger partial charge in [0.1, 0.15) is 0 Å². The maximum Gasteiger partial charge on any atom is 0.222 e. The van der Waals surface area contributed by atoms with Crippen LogP contribution in [0.3, 0.4) is 0 Å². The largest absolute Gasteiger partial charge is 0.387 e. The smallest absolute Gasteiger partial charge is 0.222 e. The van der Waals surface area contributed by atoms with Crippen LogP contribution in [0, 0.1) is 5.92 Å². The van der Waals surface area contributed by atoms with Crippen LogP contribution in [0.15, 0.2) is 12.3 Å². The zero-order valence-electron chi connectivity index (χ0n) is 7.15. The lowest BCUT2D eigenvalue weighted by atomic mass is 10.1. The maximum atomic E-state index is 9.71. The second kappa shape index (κ2) is 3.60. The minimum atomic E-state index is -0.479. The molecule has 1 aliphatic rings. The van der Waals surface area contributed by atoms with Gasteiger partial charge in [-0.3, -0.25) is 0 Å². The Morgan fingerprint density at radius 1 is 1.62 bits per heavy atom. The molecule has 4 heteroatoms. The Bertz CT molecular complexity index is 301. The monoisotopic (exact) mass is 198 g/mol. The van der Waals surface area contributed by atoms with Crippen molar-refractivity contribution in [2.75, 3.05) is 0 Å². The van der Waals surface area contributed by atoms with E-state index in [9.17, 15) is 5.11 Å². The molecule has 13 heavy (non-hydrogen) atoms. The average Bonchev–Trinajstić information content (AvgIpc) is 2.88. The van der Waals surface area contributed by atoms with E-state index in [0.717, 1.165) is 6.42 Å². The number of aliphatic hydroxyl groups is 1. The molecule has 0 radical (unpaired) electrons. The number of nitrogens with zero attached hydrogens (tertiary/aromatic N) is 2. The van der Waals surface area contributed by atoms with Gasteiger partial charge >= 0.3 is 0 Å². The first-order chi connectivity index (χ1) is 6.25. The Morgan fingerprint density at radius 2 is 2.38 bits per heavy atom. The van der Waals surface area contributed by atoms with Gasteiger partial charge < -0.3 is 5.11 Å². The van der Waals surface area contributed by atoms with Gasteiger partial charge in [0.15, 0.2) is 0 Å². The van der Waals surface area contributed by atoms with Gasteiger partial charge in [-0.15, -0.1) is 0 Å². The fourth-order valence-electron chi connectivity index (χ4n) is 1.32. The van der Waals surface area contributed by atoms with Crippen LogP contribution in [0.4, 0.5) is 0 Å². The standard InChI is InChI=1S/C9H11ClN2O/c10-9-11-4-3-7(12-9)8(13)5-6-1-2-6/h3-4,6,8,13H,1-2,5H2. The molecule has 1 atom stereocenters. The molecule has 1 N–H and O–H groups in total. The summed E-state index contributed by atoms with van der Waals surface area (Å²) in [5.74, 6) is 0.684. The quantitative estimate of drug-likeness (QED) is 0.756. The van der Waals surface area contributed by atoms with Crippen LogP contribution in [0.5, 0.6) is 0 Å². The lowest BCUT2D eigenvalue weighted by Gasteiger charge is -2.08. The molecule has 1 aromatic rings. The predicted molar refractivity (Wildman–Crippen MR) is 49.3 cm³/mol. The minimum Gasteiger partial charge on any atom is -0.387 e. The zero-order valence-corrected chi connectivity index (χ0v) is 7.91. The highest BCUT2D eigenvalue weighted by molar-refractivity contribution is 6.28. The molecule has 0 spiro atoms. The van der Waals surface area contributed by atoms with Gasteiger partial charge in [-0.05, 0) is 30.0 Å². The van der Waals surface area contributed by atoms with Crippen LogP contribution in [0.25, 0.3) is 0 Å². The van der Waals surface area contributed by atoms with E-state index in [1.54, 1.807) is 12.3 Å². The third-order valence-electron chi connectivity index (χ3n) is 2.24. The summed E-state index contributed by atoms with van der Waals surface area (Å²) in [6.45, 7) is 0.